The molecule has 0 amide bonds. The summed E-state index contributed by atoms with van der Waals surface area (Å²) in [6, 6.07) is 74.0. The molecule has 2 nitrogen and oxygen atoms in total. The van der Waals surface area contributed by atoms with Gasteiger partial charge in [-0.25, -0.2) is 0 Å². The minimum absolute atomic E-state index is 0.131. The van der Waals surface area contributed by atoms with Crippen molar-refractivity contribution in [1.82, 2.24) is 0 Å². The first-order valence-electron chi connectivity index (χ1n) is 22.5. The molecule has 1 aromatic heterocycles. The highest BCUT2D eigenvalue weighted by Crippen LogP contribution is 2.54. The normalized spacial score (nSPS) is 14.2. The number of nitrogens with zero attached hydrogens (tertiary/aromatic N) is 1. The fraction of sp³-hybridized carbons (Fsp3) is 0.0968. The molecule has 11 aromatic rings. The Labute approximate surface area is 373 Å². The summed E-state index contributed by atoms with van der Waals surface area (Å²) in [5, 5.41) is 7.07. The molecule has 0 spiro atoms. The van der Waals surface area contributed by atoms with Gasteiger partial charge in [0.2, 0.25) is 0 Å². The van der Waals surface area contributed by atoms with Gasteiger partial charge in [-0.15, -0.1) is 0 Å². The van der Waals surface area contributed by atoms with Crippen LogP contribution in [0.4, 0.5) is 17.1 Å². The molecule has 0 fully saturated rings. The number of hydrogen-bond acceptors (Lipinski definition) is 2. The molecule has 0 unspecified atom stereocenters. The minimum Gasteiger partial charge on any atom is -0.455 e. The maximum absolute atomic E-state index is 6.95. The van der Waals surface area contributed by atoms with E-state index >= 15 is 0 Å². The summed E-state index contributed by atoms with van der Waals surface area (Å²) in [5.74, 6) is 0. The van der Waals surface area contributed by atoms with E-state index in [4.69, 9.17) is 4.42 Å². The number of hydrogen-bond donors (Lipinski definition) is 0. The third-order valence-corrected chi connectivity index (χ3v) is 14.7. The number of anilines is 3. The first-order chi connectivity index (χ1) is 31.3. The summed E-state index contributed by atoms with van der Waals surface area (Å²) < 4.78 is 6.95. The summed E-state index contributed by atoms with van der Waals surface area (Å²) in [7, 11) is 0. The SMILES string of the molecule is CC1(C)c2ccccc2-c2ccc(N(c3ccc(-c4c(-c5ccccc5)ccc5oc6c7ccccc7c7ccccc7c6c45)cc3)c3ccc4c(c3)C(C)(C)c3ccccc3-4)cc21. The Morgan fingerprint density at radius 1 is 0.344 bits per heavy atom. The molecule has 304 valence electrons. The largest absolute Gasteiger partial charge is 0.455 e. The summed E-state index contributed by atoms with van der Waals surface area (Å²) in [4.78, 5) is 2.47. The summed E-state index contributed by atoms with van der Waals surface area (Å²) in [5.41, 5.74) is 20.4. The fourth-order valence-corrected chi connectivity index (χ4v) is 11.5. The molecule has 0 saturated heterocycles. The maximum atomic E-state index is 6.95. The van der Waals surface area contributed by atoms with Crippen LogP contribution in [-0.2, 0) is 10.8 Å². The minimum atomic E-state index is -0.131. The molecular weight excluding hydrogens is 775 g/mol. The quantitative estimate of drug-likeness (QED) is 0.161. The van der Waals surface area contributed by atoms with Gasteiger partial charge in [-0.1, -0.05) is 185 Å². The van der Waals surface area contributed by atoms with Crippen LogP contribution in [-0.4, -0.2) is 0 Å². The van der Waals surface area contributed by atoms with E-state index in [-0.39, 0.29) is 10.8 Å². The van der Waals surface area contributed by atoms with Crippen LogP contribution >= 0.6 is 0 Å². The lowest BCUT2D eigenvalue weighted by Crippen LogP contribution is -2.18. The molecule has 0 N–H and O–H groups in total. The van der Waals surface area contributed by atoms with Gasteiger partial charge in [-0.3, -0.25) is 0 Å². The zero-order valence-electron chi connectivity index (χ0n) is 36.4. The lowest BCUT2D eigenvalue weighted by atomic mass is 9.82. The molecule has 0 bridgehead atoms. The van der Waals surface area contributed by atoms with Gasteiger partial charge in [-0.2, -0.15) is 0 Å². The number of fused-ring (bicyclic) bond motifs is 14. The first kappa shape index (κ1) is 36.9. The molecule has 64 heavy (non-hydrogen) atoms. The fourth-order valence-electron chi connectivity index (χ4n) is 11.5. The first-order valence-corrected chi connectivity index (χ1v) is 22.5. The Bertz CT molecular complexity index is 3610. The molecule has 2 heteroatoms. The van der Waals surface area contributed by atoms with E-state index in [1.165, 1.54) is 77.4 Å². The van der Waals surface area contributed by atoms with Gasteiger partial charge in [0.05, 0.1) is 0 Å². The second-order valence-electron chi connectivity index (χ2n) is 18.8. The number of rotatable bonds is 5. The van der Waals surface area contributed by atoms with Gasteiger partial charge in [0.15, 0.2) is 0 Å². The van der Waals surface area contributed by atoms with E-state index in [0.29, 0.717) is 0 Å². The lowest BCUT2D eigenvalue weighted by Gasteiger charge is -2.30. The predicted octanol–water partition coefficient (Wildman–Crippen LogP) is 17.3. The van der Waals surface area contributed by atoms with Crippen LogP contribution in [0.1, 0.15) is 49.9 Å². The standard InChI is InChI=1S/C62H45NO/c1-61(2)52-24-14-12-20-46(52)48-32-30-41(36-54(48)61)63(42-31-33-49-47-21-13-15-25-53(47)62(3,4)55(49)37-42)40-28-26-39(27-29-40)57-43(38-16-6-5-7-17-38)34-35-56-59(57)58-50-22-10-8-18-44(50)45-19-9-11-23-51(45)60(58)64-56/h5-37H,1-4H3. The zero-order chi connectivity index (χ0) is 42.9. The van der Waals surface area contributed by atoms with Crippen LogP contribution in [0, 0.1) is 0 Å². The lowest BCUT2D eigenvalue weighted by molar-refractivity contribution is 0.660. The van der Waals surface area contributed by atoms with Crippen molar-refractivity contribution in [2.24, 2.45) is 0 Å². The Balaban J connectivity index is 1.04. The molecule has 10 aromatic carbocycles. The topological polar surface area (TPSA) is 16.4 Å². The summed E-state index contributed by atoms with van der Waals surface area (Å²) in [6.07, 6.45) is 0. The molecule has 0 radical (unpaired) electrons. The third-order valence-electron chi connectivity index (χ3n) is 14.7. The van der Waals surface area contributed by atoms with Crippen LogP contribution in [0.15, 0.2) is 205 Å². The van der Waals surface area contributed by atoms with E-state index in [1.807, 2.05) is 0 Å². The highest BCUT2D eigenvalue weighted by molar-refractivity contribution is 6.32. The molecule has 0 aliphatic heterocycles. The van der Waals surface area contributed by atoms with E-state index in [2.05, 4.69) is 233 Å². The van der Waals surface area contributed by atoms with Crippen LogP contribution in [0.5, 0.6) is 0 Å². The summed E-state index contributed by atoms with van der Waals surface area (Å²) >= 11 is 0. The zero-order valence-corrected chi connectivity index (χ0v) is 36.4. The average Bonchev–Trinajstić information content (AvgIpc) is 3.92. The third kappa shape index (κ3) is 5.14. The Morgan fingerprint density at radius 3 is 1.42 bits per heavy atom. The molecule has 13 rings (SSSR count). The Morgan fingerprint density at radius 2 is 0.812 bits per heavy atom. The van der Waals surface area contributed by atoms with Crippen LogP contribution in [0.3, 0.4) is 0 Å². The van der Waals surface area contributed by atoms with E-state index in [1.54, 1.807) is 0 Å². The molecule has 0 saturated carbocycles. The van der Waals surface area contributed by atoms with Crippen LogP contribution in [0.25, 0.3) is 88.0 Å². The van der Waals surface area contributed by atoms with Crippen molar-refractivity contribution >= 4 is 60.5 Å². The van der Waals surface area contributed by atoms with Gasteiger partial charge in [0.1, 0.15) is 11.2 Å². The molecular formula is C62H45NO. The van der Waals surface area contributed by atoms with Gasteiger partial charge in [0, 0.05) is 49.6 Å². The Hall–Kier alpha value is -7.68. The van der Waals surface area contributed by atoms with Crippen molar-refractivity contribution in [2.45, 2.75) is 38.5 Å². The monoisotopic (exact) mass is 819 g/mol. The predicted molar refractivity (Wildman–Crippen MR) is 269 cm³/mol. The van der Waals surface area contributed by atoms with Gasteiger partial charge in [-0.05, 0) is 120 Å². The number of benzene rings is 10. The van der Waals surface area contributed by atoms with Crippen molar-refractivity contribution in [3.05, 3.63) is 222 Å². The smallest absolute Gasteiger partial charge is 0.143 e. The van der Waals surface area contributed by atoms with Crippen LogP contribution < -0.4 is 4.90 Å². The van der Waals surface area contributed by atoms with Crippen molar-refractivity contribution < 1.29 is 4.42 Å². The van der Waals surface area contributed by atoms with Crippen molar-refractivity contribution in [1.29, 1.82) is 0 Å². The van der Waals surface area contributed by atoms with Gasteiger partial charge < -0.3 is 9.32 Å². The van der Waals surface area contributed by atoms with Crippen molar-refractivity contribution in [2.75, 3.05) is 4.90 Å². The average molecular weight is 820 g/mol. The second kappa shape index (κ2) is 13.4. The van der Waals surface area contributed by atoms with Crippen LogP contribution in [0.2, 0.25) is 0 Å². The Kier molecular flexibility index (Phi) is 7.74. The van der Waals surface area contributed by atoms with Crippen molar-refractivity contribution in [3.8, 4) is 44.5 Å². The van der Waals surface area contributed by atoms with E-state index < -0.39 is 0 Å². The summed E-state index contributed by atoms with van der Waals surface area (Å²) in [6.45, 7) is 9.47. The second-order valence-corrected chi connectivity index (χ2v) is 18.8. The highest BCUT2D eigenvalue weighted by atomic mass is 16.3. The van der Waals surface area contributed by atoms with Gasteiger partial charge >= 0.3 is 0 Å². The number of furan rings is 1. The molecule has 1 heterocycles. The molecule has 2 aliphatic carbocycles. The highest BCUT2D eigenvalue weighted by Gasteiger charge is 2.38. The molecule has 0 atom stereocenters. The van der Waals surface area contributed by atoms with Crippen molar-refractivity contribution in [3.63, 3.8) is 0 Å². The maximum Gasteiger partial charge on any atom is 0.143 e. The van der Waals surface area contributed by atoms with E-state index in [0.717, 1.165) is 50.0 Å². The molecule has 2 aliphatic rings. The van der Waals surface area contributed by atoms with E-state index in [9.17, 15) is 0 Å². The van der Waals surface area contributed by atoms with Gasteiger partial charge in [0.25, 0.3) is 0 Å².